The Hall–Kier alpha value is -1.83. The number of rotatable bonds is 6. The molecule has 1 saturated heterocycles. The summed E-state index contributed by atoms with van der Waals surface area (Å²) in [6.45, 7) is 3.36. The lowest BCUT2D eigenvalue weighted by Crippen LogP contribution is -2.46. The van der Waals surface area contributed by atoms with Crippen LogP contribution >= 0.6 is 15.9 Å². The Kier molecular flexibility index (Phi) is 6.07. The van der Waals surface area contributed by atoms with E-state index in [1.807, 2.05) is 18.3 Å². The van der Waals surface area contributed by atoms with Crippen LogP contribution in [0.3, 0.4) is 0 Å². The first-order valence-corrected chi connectivity index (χ1v) is 12.4. The van der Waals surface area contributed by atoms with Crippen LogP contribution in [0.25, 0.3) is 0 Å². The van der Waals surface area contributed by atoms with Crippen molar-refractivity contribution in [3.63, 3.8) is 0 Å². The molecule has 170 valence electrons. The van der Waals surface area contributed by atoms with Crippen LogP contribution in [0.15, 0.2) is 34.9 Å². The Balaban J connectivity index is 1.55. The van der Waals surface area contributed by atoms with Crippen LogP contribution in [0.1, 0.15) is 67.5 Å². The van der Waals surface area contributed by atoms with Crippen LogP contribution in [0.5, 0.6) is 0 Å². The number of hydrogen-bond acceptors (Lipinski definition) is 5. The molecule has 3 aliphatic rings. The molecule has 7 heteroatoms. The van der Waals surface area contributed by atoms with E-state index in [0.717, 1.165) is 64.8 Å². The fourth-order valence-corrected chi connectivity index (χ4v) is 5.31. The molecule has 1 aromatic carbocycles. The first-order chi connectivity index (χ1) is 15.5. The first kappa shape index (κ1) is 22.0. The minimum absolute atomic E-state index is 0.0109. The number of pyridine rings is 1. The Bertz CT molecular complexity index is 988. The molecule has 3 heterocycles. The number of fused-ring (bicyclic) bond motifs is 1. The van der Waals surface area contributed by atoms with Gasteiger partial charge in [-0.1, -0.05) is 6.07 Å². The lowest BCUT2D eigenvalue weighted by Gasteiger charge is -2.43. The average molecular weight is 501 g/mol. The van der Waals surface area contributed by atoms with Crippen molar-refractivity contribution in [1.29, 1.82) is 5.41 Å². The molecule has 2 aromatic rings. The molecule has 5 rings (SSSR count). The summed E-state index contributed by atoms with van der Waals surface area (Å²) in [7, 11) is 0. The van der Waals surface area contributed by atoms with Crippen molar-refractivity contribution in [3.8, 4) is 0 Å². The predicted molar refractivity (Wildman–Crippen MR) is 128 cm³/mol. The summed E-state index contributed by atoms with van der Waals surface area (Å²) in [4.78, 5) is 6.98. The number of anilines is 1. The third-order valence-electron chi connectivity index (χ3n) is 7.01. The minimum atomic E-state index is -1.08. The van der Waals surface area contributed by atoms with Gasteiger partial charge in [0.25, 0.3) is 0 Å². The number of ether oxygens (including phenoxy) is 1. The molecule has 2 fully saturated rings. The highest BCUT2D eigenvalue weighted by atomic mass is 79.9. The van der Waals surface area contributed by atoms with Gasteiger partial charge in [-0.3, -0.25) is 9.88 Å². The molecule has 1 saturated carbocycles. The van der Waals surface area contributed by atoms with Gasteiger partial charge in [-0.15, -0.1) is 0 Å². The zero-order chi connectivity index (χ0) is 22.3. The van der Waals surface area contributed by atoms with Crippen molar-refractivity contribution in [3.05, 3.63) is 57.3 Å². The highest BCUT2D eigenvalue weighted by Gasteiger charge is 2.48. The van der Waals surface area contributed by atoms with Gasteiger partial charge in [0, 0.05) is 47.3 Å². The molecule has 32 heavy (non-hydrogen) atoms. The van der Waals surface area contributed by atoms with Crippen molar-refractivity contribution in [2.24, 2.45) is 0 Å². The van der Waals surface area contributed by atoms with Crippen LogP contribution in [0.4, 0.5) is 10.1 Å². The van der Waals surface area contributed by atoms with Crippen molar-refractivity contribution in [2.45, 2.75) is 69.4 Å². The molecule has 5 nitrogen and oxygen atoms in total. The fraction of sp³-hybridized carbons (Fsp3) is 0.520. The van der Waals surface area contributed by atoms with Gasteiger partial charge >= 0.3 is 0 Å². The Morgan fingerprint density at radius 2 is 2.16 bits per heavy atom. The van der Waals surface area contributed by atoms with E-state index in [1.165, 1.54) is 6.21 Å². The molecule has 2 aliphatic heterocycles. The van der Waals surface area contributed by atoms with Gasteiger partial charge in [0.05, 0.1) is 11.7 Å². The lowest BCUT2D eigenvalue weighted by molar-refractivity contribution is 0.0343. The zero-order valence-corrected chi connectivity index (χ0v) is 20.0. The van der Waals surface area contributed by atoms with Gasteiger partial charge in [-0.2, -0.15) is 0 Å². The molecular weight excluding hydrogens is 471 g/mol. The van der Waals surface area contributed by atoms with E-state index < -0.39 is 5.67 Å². The highest BCUT2D eigenvalue weighted by Crippen LogP contribution is 2.46. The number of hydrogen-bond donors (Lipinski definition) is 2. The Labute approximate surface area is 197 Å². The summed E-state index contributed by atoms with van der Waals surface area (Å²) in [6.07, 6.45) is 8.54. The smallest absolute Gasteiger partial charge is 0.127 e. The van der Waals surface area contributed by atoms with E-state index in [4.69, 9.17) is 15.1 Å². The van der Waals surface area contributed by atoms with Gasteiger partial charge in [0.2, 0.25) is 0 Å². The SMILES string of the molecule is C[C@@H]1Cc2c(ccc(NC3CCCCO3)c2C=N)[C@@H](c2ccc(Br)cn2)N1CC1(F)CC1. The average Bonchev–Trinajstić information content (AvgIpc) is 3.53. The third kappa shape index (κ3) is 4.35. The van der Waals surface area contributed by atoms with Gasteiger partial charge in [0.1, 0.15) is 11.9 Å². The fourth-order valence-electron chi connectivity index (χ4n) is 5.08. The number of benzene rings is 1. The molecule has 0 amide bonds. The topological polar surface area (TPSA) is 61.2 Å². The van der Waals surface area contributed by atoms with Crippen LogP contribution in [0.2, 0.25) is 0 Å². The van der Waals surface area contributed by atoms with Crippen molar-refractivity contribution < 1.29 is 9.13 Å². The quantitative estimate of drug-likeness (QED) is 0.505. The van der Waals surface area contributed by atoms with Crippen LogP contribution < -0.4 is 5.32 Å². The second kappa shape index (κ2) is 8.84. The predicted octanol–water partition coefficient (Wildman–Crippen LogP) is 5.62. The molecule has 1 aromatic heterocycles. The third-order valence-corrected chi connectivity index (χ3v) is 7.48. The summed E-state index contributed by atoms with van der Waals surface area (Å²) in [6, 6.07) is 8.22. The van der Waals surface area contributed by atoms with Crippen LogP contribution in [0, 0.1) is 5.41 Å². The van der Waals surface area contributed by atoms with E-state index in [1.54, 1.807) is 0 Å². The lowest BCUT2D eigenvalue weighted by atomic mass is 9.83. The van der Waals surface area contributed by atoms with E-state index in [-0.39, 0.29) is 18.3 Å². The van der Waals surface area contributed by atoms with E-state index in [9.17, 15) is 4.39 Å². The monoisotopic (exact) mass is 500 g/mol. The van der Waals surface area contributed by atoms with E-state index in [0.29, 0.717) is 19.4 Å². The van der Waals surface area contributed by atoms with Crippen molar-refractivity contribution in [1.82, 2.24) is 9.88 Å². The molecule has 0 bridgehead atoms. The minimum Gasteiger partial charge on any atom is -0.360 e. The number of aromatic nitrogens is 1. The first-order valence-electron chi connectivity index (χ1n) is 11.6. The molecular formula is C25H30BrFN4O. The zero-order valence-electron chi connectivity index (χ0n) is 18.4. The summed E-state index contributed by atoms with van der Waals surface area (Å²) in [5.74, 6) is 0. The molecule has 0 radical (unpaired) electrons. The maximum absolute atomic E-state index is 14.9. The largest absolute Gasteiger partial charge is 0.360 e. The molecule has 1 unspecified atom stereocenters. The summed E-state index contributed by atoms with van der Waals surface area (Å²) in [5.41, 5.74) is 3.96. The second-order valence-electron chi connectivity index (χ2n) is 9.42. The van der Waals surface area contributed by atoms with Crippen LogP contribution in [-0.4, -0.2) is 47.2 Å². The maximum atomic E-state index is 14.9. The molecule has 1 aliphatic carbocycles. The van der Waals surface area contributed by atoms with Gasteiger partial charge < -0.3 is 15.5 Å². The second-order valence-corrected chi connectivity index (χ2v) is 10.3. The van der Waals surface area contributed by atoms with Gasteiger partial charge in [-0.05, 0) is 90.7 Å². The normalized spacial score (nSPS) is 26.9. The van der Waals surface area contributed by atoms with Crippen LogP contribution in [-0.2, 0) is 11.2 Å². The molecule has 0 spiro atoms. The van der Waals surface area contributed by atoms with E-state index >= 15 is 0 Å². The Morgan fingerprint density at radius 3 is 2.81 bits per heavy atom. The van der Waals surface area contributed by atoms with Gasteiger partial charge in [-0.25, -0.2) is 4.39 Å². The number of nitrogens with zero attached hydrogens (tertiary/aromatic N) is 2. The summed E-state index contributed by atoms with van der Waals surface area (Å²) in [5, 5.41) is 11.7. The number of halogens is 2. The summed E-state index contributed by atoms with van der Waals surface area (Å²) < 4.78 is 21.7. The van der Waals surface area contributed by atoms with E-state index in [2.05, 4.69) is 45.2 Å². The standard InChI is InChI=1S/C25H30BrFN4O/c1-16-12-19-18(6-8-21(20(19)13-28)30-23-4-2-3-11-32-23)24(22-7-5-17(26)14-29-22)31(16)15-25(27)9-10-25/h5-8,13-14,16,23-24,28,30H,2-4,9-12,15H2,1H3/t16-,23?,24+/m1/s1. The highest BCUT2D eigenvalue weighted by molar-refractivity contribution is 9.10. The van der Waals surface area contributed by atoms with Gasteiger partial charge in [0.15, 0.2) is 0 Å². The van der Waals surface area contributed by atoms with Crippen molar-refractivity contribution in [2.75, 3.05) is 18.5 Å². The Morgan fingerprint density at radius 1 is 1.31 bits per heavy atom. The number of nitrogens with one attached hydrogen (secondary N) is 2. The molecule has 3 atom stereocenters. The summed E-state index contributed by atoms with van der Waals surface area (Å²) >= 11 is 3.48. The molecule has 2 N–H and O–H groups in total. The van der Waals surface area contributed by atoms with Crippen molar-refractivity contribution >= 4 is 27.8 Å². The maximum Gasteiger partial charge on any atom is 0.127 e. The number of alkyl halides is 1.